The number of benzene rings is 1. The first-order chi connectivity index (χ1) is 11.3. The summed E-state index contributed by atoms with van der Waals surface area (Å²) in [4.78, 5) is 28.6. The number of carbonyl (C=O) groups excluding carboxylic acids is 1. The van der Waals surface area contributed by atoms with Gasteiger partial charge in [0.1, 0.15) is 9.88 Å². The first-order valence-corrected chi connectivity index (χ1v) is 8.24. The third-order valence-electron chi connectivity index (χ3n) is 3.39. The number of carbonyl (C=O) groups is 2. The van der Waals surface area contributed by atoms with Crippen LogP contribution in [0.5, 0.6) is 0 Å². The average Bonchev–Trinajstić information content (AvgIpc) is 2.90. The lowest BCUT2D eigenvalue weighted by Gasteiger charge is -2.24. The van der Waals surface area contributed by atoms with E-state index >= 15 is 0 Å². The molecule has 0 radical (unpaired) electrons. The first kappa shape index (κ1) is 18.4. The van der Waals surface area contributed by atoms with E-state index in [4.69, 9.17) is 16.3 Å². The number of hydrogen-bond donors (Lipinski definition) is 2. The number of aryl methyl sites for hydroxylation is 1. The number of aromatic nitrogens is 1. The SMILES string of the molecule is COCC(C)(NC(=O)c1sc(-c2ccc(Cl)cc2)nc1C)C(=O)O. The molecule has 128 valence electrons. The van der Waals surface area contributed by atoms with Crippen LogP contribution in [0.3, 0.4) is 0 Å². The molecule has 1 atom stereocenters. The molecule has 0 aliphatic carbocycles. The standard InChI is InChI=1S/C16H17ClN2O4S/c1-9-12(13(20)19-16(2,8-23-3)15(21)22)24-14(18-9)10-4-6-11(17)7-5-10/h4-7H,8H2,1-3H3,(H,19,20)(H,21,22). The van der Waals surface area contributed by atoms with Crippen molar-refractivity contribution in [3.8, 4) is 10.6 Å². The third-order valence-corrected chi connectivity index (χ3v) is 4.85. The number of halogens is 1. The molecular weight excluding hydrogens is 352 g/mol. The Labute approximate surface area is 148 Å². The van der Waals surface area contributed by atoms with Gasteiger partial charge < -0.3 is 15.2 Å². The highest BCUT2D eigenvalue weighted by Crippen LogP contribution is 2.29. The Morgan fingerprint density at radius 3 is 2.54 bits per heavy atom. The number of amides is 1. The summed E-state index contributed by atoms with van der Waals surface area (Å²) in [7, 11) is 1.38. The second-order valence-corrected chi connectivity index (χ2v) is 6.90. The van der Waals surface area contributed by atoms with Gasteiger partial charge in [-0.3, -0.25) is 4.79 Å². The zero-order valence-corrected chi connectivity index (χ0v) is 15.0. The second kappa shape index (κ2) is 7.29. The van der Waals surface area contributed by atoms with Crippen molar-refractivity contribution in [3.05, 3.63) is 39.9 Å². The normalized spacial score (nSPS) is 13.3. The zero-order valence-electron chi connectivity index (χ0n) is 13.4. The van der Waals surface area contributed by atoms with E-state index in [0.717, 1.165) is 5.56 Å². The smallest absolute Gasteiger partial charge is 0.331 e. The molecule has 2 aromatic rings. The molecule has 0 fully saturated rings. The van der Waals surface area contributed by atoms with Gasteiger partial charge in [-0.05, 0) is 26.0 Å². The first-order valence-electron chi connectivity index (χ1n) is 7.05. The summed E-state index contributed by atoms with van der Waals surface area (Å²) in [5.74, 6) is -1.66. The Morgan fingerprint density at radius 1 is 1.38 bits per heavy atom. The third kappa shape index (κ3) is 3.92. The summed E-state index contributed by atoms with van der Waals surface area (Å²) < 4.78 is 4.90. The lowest BCUT2D eigenvalue weighted by molar-refractivity contribution is -0.145. The maximum absolute atomic E-state index is 12.5. The van der Waals surface area contributed by atoms with Gasteiger partial charge in [0.05, 0.1) is 12.3 Å². The van der Waals surface area contributed by atoms with Gasteiger partial charge in [0.15, 0.2) is 5.54 Å². The van der Waals surface area contributed by atoms with Gasteiger partial charge in [-0.15, -0.1) is 11.3 Å². The van der Waals surface area contributed by atoms with Crippen molar-refractivity contribution < 1.29 is 19.4 Å². The minimum absolute atomic E-state index is 0.143. The predicted molar refractivity (Wildman–Crippen MR) is 92.7 cm³/mol. The van der Waals surface area contributed by atoms with Gasteiger partial charge in [0.2, 0.25) is 0 Å². The maximum atomic E-state index is 12.5. The minimum atomic E-state index is -1.51. The van der Waals surface area contributed by atoms with Crippen LogP contribution in [0.15, 0.2) is 24.3 Å². The molecule has 0 aliphatic rings. The molecule has 1 aromatic heterocycles. The molecule has 2 rings (SSSR count). The highest BCUT2D eigenvalue weighted by atomic mass is 35.5. The fraction of sp³-hybridized carbons (Fsp3) is 0.312. The number of carboxylic acid groups (broad SMARTS) is 1. The number of ether oxygens (including phenoxy) is 1. The van der Waals surface area contributed by atoms with Crippen LogP contribution in [-0.4, -0.2) is 41.2 Å². The lowest BCUT2D eigenvalue weighted by Crippen LogP contribution is -2.55. The number of nitrogens with one attached hydrogen (secondary N) is 1. The van der Waals surface area contributed by atoms with Crippen LogP contribution in [0, 0.1) is 6.92 Å². The molecule has 0 bridgehead atoms. The summed E-state index contributed by atoms with van der Waals surface area (Å²) in [6.07, 6.45) is 0. The van der Waals surface area contributed by atoms with Crippen LogP contribution in [0.25, 0.3) is 10.6 Å². The summed E-state index contributed by atoms with van der Waals surface area (Å²) in [5.41, 5.74) is -0.139. The summed E-state index contributed by atoms with van der Waals surface area (Å²) in [6.45, 7) is 2.96. The van der Waals surface area contributed by atoms with Gasteiger partial charge >= 0.3 is 5.97 Å². The van der Waals surface area contributed by atoms with Crippen LogP contribution in [0.2, 0.25) is 5.02 Å². The lowest BCUT2D eigenvalue weighted by atomic mass is 10.0. The van der Waals surface area contributed by atoms with Crippen LogP contribution in [0.4, 0.5) is 0 Å². The van der Waals surface area contributed by atoms with Crippen molar-refractivity contribution in [1.29, 1.82) is 0 Å². The molecule has 6 nitrogen and oxygen atoms in total. The second-order valence-electron chi connectivity index (χ2n) is 5.46. The summed E-state index contributed by atoms with van der Waals surface area (Å²) >= 11 is 7.07. The summed E-state index contributed by atoms with van der Waals surface area (Å²) in [6, 6.07) is 7.12. The fourth-order valence-electron chi connectivity index (χ4n) is 2.07. The number of methoxy groups -OCH3 is 1. The molecule has 1 amide bonds. The van der Waals surface area contributed by atoms with Gasteiger partial charge in [-0.2, -0.15) is 0 Å². The van der Waals surface area contributed by atoms with E-state index in [0.29, 0.717) is 20.6 Å². The van der Waals surface area contributed by atoms with Gasteiger partial charge in [-0.25, -0.2) is 9.78 Å². The van der Waals surface area contributed by atoms with E-state index in [-0.39, 0.29) is 6.61 Å². The van der Waals surface area contributed by atoms with Crippen LogP contribution in [-0.2, 0) is 9.53 Å². The molecule has 1 unspecified atom stereocenters. The quantitative estimate of drug-likeness (QED) is 0.818. The monoisotopic (exact) mass is 368 g/mol. The van der Waals surface area contributed by atoms with E-state index in [1.807, 2.05) is 12.1 Å². The van der Waals surface area contributed by atoms with Gasteiger partial charge in [0.25, 0.3) is 5.91 Å². The molecule has 0 spiro atoms. The van der Waals surface area contributed by atoms with Gasteiger partial charge in [-0.1, -0.05) is 23.7 Å². The number of aliphatic carboxylic acids is 1. The topological polar surface area (TPSA) is 88.5 Å². The highest BCUT2D eigenvalue weighted by molar-refractivity contribution is 7.17. The van der Waals surface area contributed by atoms with Crippen molar-refractivity contribution in [2.75, 3.05) is 13.7 Å². The maximum Gasteiger partial charge on any atom is 0.331 e. The molecule has 1 aromatic carbocycles. The average molecular weight is 369 g/mol. The molecule has 0 saturated carbocycles. The van der Waals surface area contributed by atoms with Crippen molar-refractivity contribution in [1.82, 2.24) is 10.3 Å². The van der Waals surface area contributed by atoms with Crippen molar-refractivity contribution in [3.63, 3.8) is 0 Å². The molecular formula is C16H17ClN2O4S. The molecule has 8 heteroatoms. The number of nitrogens with zero attached hydrogens (tertiary/aromatic N) is 1. The van der Waals surface area contributed by atoms with Crippen molar-refractivity contribution >= 4 is 34.8 Å². The van der Waals surface area contributed by atoms with Crippen molar-refractivity contribution in [2.24, 2.45) is 0 Å². The molecule has 0 saturated heterocycles. The van der Waals surface area contributed by atoms with E-state index in [1.54, 1.807) is 19.1 Å². The summed E-state index contributed by atoms with van der Waals surface area (Å²) in [5, 5.41) is 13.1. The largest absolute Gasteiger partial charge is 0.479 e. The minimum Gasteiger partial charge on any atom is -0.479 e. The zero-order chi connectivity index (χ0) is 17.9. The molecule has 0 aliphatic heterocycles. The number of rotatable bonds is 6. The Morgan fingerprint density at radius 2 is 2.00 bits per heavy atom. The highest BCUT2D eigenvalue weighted by Gasteiger charge is 2.36. The van der Waals surface area contributed by atoms with Crippen molar-refractivity contribution in [2.45, 2.75) is 19.4 Å². The Bertz CT molecular complexity index is 760. The fourth-order valence-corrected chi connectivity index (χ4v) is 3.16. The number of carboxylic acids is 1. The Hall–Kier alpha value is -1.96. The van der Waals surface area contributed by atoms with Crippen LogP contribution >= 0.6 is 22.9 Å². The van der Waals surface area contributed by atoms with Gasteiger partial charge in [0, 0.05) is 17.7 Å². The van der Waals surface area contributed by atoms with Crippen LogP contribution < -0.4 is 5.32 Å². The predicted octanol–water partition coefficient (Wildman–Crippen LogP) is 2.99. The van der Waals surface area contributed by atoms with E-state index in [2.05, 4.69) is 10.3 Å². The van der Waals surface area contributed by atoms with E-state index in [1.165, 1.54) is 25.4 Å². The Kier molecular flexibility index (Phi) is 5.58. The molecule has 2 N–H and O–H groups in total. The van der Waals surface area contributed by atoms with Crippen LogP contribution in [0.1, 0.15) is 22.3 Å². The molecule has 1 heterocycles. The molecule has 24 heavy (non-hydrogen) atoms. The number of thiazole rings is 1. The number of hydrogen-bond acceptors (Lipinski definition) is 5. The van der Waals surface area contributed by atoms with E-state index in [9.17, 15) is 14.7 Å². The Balaban J connectivity index is 2.27. The van der Waals surface area contributed by atoms with E-state index < -0.39 is 17.4 Å².